The van der Waals surface area contributed by atoms with E-state index in [0.29, 0.717) is 23.7 Å². The molecule has 1 aliphatic rings. The Morgan fingerprint density at radius 2 is 0.836 bits per heavy atom. The number of ether oxygens (including phenoxy) is 2. The van der Waals surface area contributed by atoms with Gasteiger partial charge in [-0.2, -0.15) is 13.2 Å². The number of aliphatic hydroxyl groups is 2. The number of carbonyl (C=O) groups is 1. The quantitative estimate of drug-likeness (QED) is 0.0253. The zero-order chi connectivity index (χ0) is 87.5. The van der Waals surface area contributed by atoms with Crippen LogP contribution in [0.2, 0.25) is 0 Å². The van der Waals surface area contributed by atoms with Crippen molar-refractivity contribution >= 4 is 12.2 Å². The number of methoxy groups -OCH3 is 2. The van der Waals surface area contributed by atoms with Crippen LogP contribution in [-0.2, 0) is 101 Å². The minimum Gasteiger partial charge on any atom is -0.650 e. The Labute approximate surface area is 765 Å². The van der Waals surface area contributed by atoms with Crippen molar-refractivity contribution in [3.05, 3.63) is 256 Å². The summed E-state index contributed by atoms with van der Waals surface area (Å²) in [7, 11) is 4.38. The Morgan fingerprint density at radius 1 is 0.500 bits per heavy atom. The predicted octanol–water partition coefficient (Wildman–Crippen LogP) is 20.2. The van der Waals surface area contributed by atoms with Crippen molar-refractivity contribution < 1.29 is 146 Å². The maximum atomic E-state index is 13.0. The Kier molecular flexibility index (Phi) is 51.6. The first-order chi connectivity index (χ1) is 55.9. The summed E-state index contributed by atoms with van der Waals surface area (Å²) in [5.41, 5.74) is 15.0. The number of rotatable bonds is 19. The molecule has 11 aromatic rings. The van der Waals surface area contributed by atoms with Crippen LogP contribution in [0.5, 0.6) is 5.75 Å². The van der Waals surface area contributed by atoms with Crippen LogP contribution in [0.15, 0.2) is 151 Å². The van der Waals surface area contributed by atoms with Crippen molar-refractivity contribution in [3.63, 3.8) is 0 Å². The molecule has 4 radical (unpaired) electrons. The number of pyridine rings is 1. The zero-order valence-corrected chi connectivity index (χ0v) is 80.9. The molecule has 21 nitrogen and oxygen atoms in total. The number of alkyl halides is 3. The number of carboxylic acid groups (broad SMARTS) is 1. The van der Waals surface area contributed by atoms with Gasteiger partial charge < -0.3 is 65.2 Å². The smallest absolute Gasteiger partial charge is 0.429 e. The average molecular weight is 2400 g/mol. The number of nitrogens with zero attached hydrogens (tertiary/aromatic N) is 14. The minimum atomic E-state index is -4.57. The number of hydrogen-bond acceptors (Lipinski definition) is 18. The third-order valence-corrected chi connectivity index (χ3v) is 17.0. The Hall–Kier alpha value is -8.44. The van der Waals surface area contributed by atoms with E-state index in [-0.39, 0.29) is 151 Å². The molecule has 5 aromatic carbocycles. The van der Waals surface area contributed by atoms with Crippen LogP contribution >= 0.6 is 0 Å². The maximum Gasteiger partial charge on any atom is 0.429 e. The number of aliphatic carboxylic acids is 1. The van der Waals surface area contributed by atoms with E-state index >= 15 is 0 Å². The molecule has 3 atom stereocenters. The second-order valence-corrected chi connectivity index (χ2v) is 29.2. The van der Waals surface area contributed by atoms with Gasteiger partial charge in [0.25, 0.3) is 5.97 Å². The summed E-state index contributed by atoms with van der Waals surface area (Å²) in [6.45, 7) is 34.2. The number of carboxylic acids is 1. The van der Waals surface area contributed by atoms with Crippen molar-refractivity contribution in [2.45, 2.75) is 202 Å². The van der Waals surface area contributed by atoms with Gasteiger partial charge in [0.1, 0.15) is 11.6 Å². The van der Waals surface area contributed by atoms with Crippen LogP contribution in [0.25, 0.3) is 61.9 Å². The number of para-hydroxylation sites is 1. The van der Waals surface area contributed by atoms with Gasteiger partial charge in [-0.1, -0.05) is 142 Å². The van der Waals surface area contributed by atoms with Crippen LogP contribution < -0.4 is 5.10 Å². The third kappa shape index (κ3) is 37.2. The molecule has 6 aromatic heterocycles. The van der Waals surface area contributed by atoms with Crippen LogP contribution in [-0.4, -0.2) is 134 Å². The van der Waals surface area contributed by atoms with Gasteiger partial charge in [-0.25, -0.2) is 0 Å². The summed E-state index contributed by atoms with van der Waals surface area (Å²) in [5, 5.41) is 44.9. The van der Waals surface area contributed by atoms with E-state index in [2.05, 4.69) is 195 Å². The molecule has 1 aliphatic heterocycles. The molecule has 0 amide bonds. The van der Waals surface area contributed by atoms with Gasteiger partial charge in [0.05, 0.1) is 28.5 Å². The second-order valence-electron chi connectivity index (χ2n) is 29.2. The summed E-state index contributed by atoms with van der Waals surface area (Å²) in [5.74, 6) is -0.605. The Morgan fingerprint density at radius 3 is 1.07 bits per heavy atom. The standard InChI is InChI=1S/4C16H18FN2.C8H4F3N4.C8H9NO.C5H8NO2.C5H12O4.4Ir/c4*1-10(2)14-9-18-16(15(19-14)11(3)4)12-5-7-13(17)8-6-12;9-8(10,11)7-13-6(14-15-7)5-3-1-2-4-12-5;1-9-6-7-4-2-3-5-8(7)10;7-5(8)4-2-1-3-6-4;1-8-4(6)3-5(7)9-2;;;;/h4*5,7-11H,1-4H3;1-4H;2-6,10H,1H3;4H,1-3H2,(H,7,8);4-7H,3H2,1-2H3;;;;/q5*-1;;-1;;;;;. The van der Waals surface area contributed by atoms with Gasteiger partial charge in [0.2, 0.25) is 0 Å². The first-order valence-corrected chi connectivity index (χ1v) is 38.4. The summed E-state index contributed by atoms with van der Waals surface area (Å²) in [4.78, 5) is 57.7. The molecule has 4 N–H and O–H groups in total. The molecule has 3 unspecified atom stereocenters. The van der Waals surface area contributed by atoms with E-state index in [4.69, 9.17) is 40.4 Å². The molecule has 122 heavy (non-hydrogen) atoms. The Bertz CT molecular complexity index is 4420. The number of aliphatic hydroxyl groups excluding tert-OH is 2. The fourth-order valence-electron chi connectivity index (χ4n) is 10.3. The van der Waals surface area contributed by atoms with E-state index in [9.17, 15) is 35.5 Å². The van der Waals surface area contributed by atoms with Crippen LogP contribution in [0.3, 0.4) is 0 Å². The van der Waals surface area contributed by atoms with E-state index < -0.39 is 36.6 Å². The molecule has 668 valence electrons. The predicted molar refractivity (Wildman–Crippen MR) is 443 cm³/mol. The number of benzene rings is 5. The minimum absolute atomic E-state index is 0. The molecule has 7 heterocycles. The average Bonchev–Trinajstić information content (AvgIpc) is 1.74. The van der Waals surface area contributed by atoms with E-state index in [1.807, 2.05) is 12.1 Å². The summed E-state index contributed by atoms with van der Waals surface area (Å²) in [6.07, 6.45) is 5.53. The van der Waals surface area contributed by atoms with Crippen LogP contribution in [0, 0.1) is 47.5 Å². The van der Waals surface area contributed by atoms with Crippen molar-refractivity contribution in [2.75, 3.05) is 27.8 Å². The number of hydrogen-bond donors (Lipinski definition) is 4. The summed E-state index contributed by atoms with van der Waals surface area (Å²) in [6, 6.07) is 41.0. The summed E-state index contributed by atoms with van der Waals surface area (Å²) >= 11 is 0. The van der Waals surface area contributed by atoms with E-state index in [1.54, 1.807) is 86.6 Å². The number of aliphatic imine (C=N–C) groups is 1. The maximum absolute atomic E-state index is 13.0. The summed E-state index contributed by atoms with van der Waals surface area (Å²) < 4.78 is 97.1. The monoisotopic (exact) mass is 2400 g/mol. The molecule has 0 spiro atoms. The van der Waals surface area contributed by atoms with Crippen molar-refractivity contribution in [1.29, 1.82) is 0 Å². The van der Waals surface area contributed by atoms with E-state index in [0.717, 1.165) is 116 Å². The van der Waals surface area contributed by atoms with Gasteiger partial charge in [0, 0.05) is 220 Å². The molecular weight excluding hydrogens is 2290 g/mol. The molecule has 0 bridgehead atoms. The number of phenols is 1. The molecule has 12 rings (SSSR count). The number of aromatic hydroxyl groups is 1. The van der Waals surface area contributed by atoms with Gasteiger partial charge in [0.15, 0.2) is 12.6 Å². The van der Waals surface area contributed by atoms with Crippen LogP contribution in [0.1, 0.15) is 234 Å². The molecular formula is C90H105F7Ir4N14O7-6. The second kappa shape index (κ2) is 56.4. The largest absolute Gasteiger partial charge is 0.650 e. The van der Waals surface area contributed by atoms with Crippen molar-refractivity contribution in [3.8, 4) is 62.3 Å². The molecule has 0 aliphatic carbocycles. The topological polar surface area (TPSA) is 299 Å². The van der Waals surface area contributed by atoms with Crippen molar-refractivity contribution in [1.82, 2.24) is 60.0 Å². The van der Waals surface area contributed by atoms with Crippen LogP contribution in [0.4, 0.5) is 30.7 Å². The normalized spacial score (nSPS) is 12.5. The zero-order valence-electron chi connectivity index (χ0n) is 71.4. The number of phenolic OH excluding ortho intramolecular Hbond substituents is 1. The fraction of sp³-hybridized carbons (Fsp3) is 0.389. The first kappa shape index (κ1) is 112. The third-order valence-electron chi connectivity index (χ3n) is 17.0. The SMILES string of the molecule is CC(C)c1cnc(-c2[c-]cc(F)cc2)c(C(C)C)n1.CC(C)c1cnc(-c2[c-]cc(F)cc2)c(C(C)C)n1.CC(C)c1cnc(-c2[c-]cc(F)cc2)c(C(C)C)n1.CC(C)c1cnc(-c2[c-]cc(F)cc2)c(C(C)C)n1.CN=Cc1ccccc1O.COC(O)CC(O)OC.FC(F)(F)c1n[n-]c(-c2ccccn2)n1.O=C(O)C1CCC[N-]1.[Ir].[Ir].[Ir].[Ir]. The first-order valence-electron chi connectivity index (χ1n) is 38.4. The van der Waals surface area contributed by atoms with E-state index in [1.165, 1.54) is 75.0 Å². The Balaban J connectivity index is 0.000000705. The molecule has 0 saturated carbocycles. The van der Waals surface area contributed by atoms with Gasteiger partial charge in [-0.3, -0.25) is 57.4 Å². The molecule has 1 fully saturated rings. The molecule has 1 saturated heterocycles. The van der Waals surface area contributed by atoms with Gasteiger partial charge >= 0.3 is 6.18 Å². The van der Waals surface area contributed by atoms with Crippen molar-refractivity contribution in [2.24, 2.45) is 4.99 Å². The van der Waals surface area contributed by atoms with Gasteiger partial charge in [-0.05, 0) is 83.5 Å². The number of halogens is 7. The number of aromatic nitrogens is 12. The molecule has 32 heteroatoms. The van der Waals surface area contributed by atoms with Gasteiger partial charge in [-0.15, -0.1) is 126 Å². The fourth-order valence-corrected chi connectivity index (χ4v) is 10.3.